The lowest BCUT2D eigenvalue weighted by Gasteiger charge is -2.11. The van der Waals surface area contributed by atoms with Crippen molar-refractivity contribution in [3.8, 4) is 17.2 Å². The summed E-state index contributed by atoms with van der Waals surface area (Å²) in [7, 11) is -0.575. The molecule has 0 radical (unpaired) electrons. The molecule has 0 unspecified atom stereocenters. The van der Waals surface area contributed by atoms with E-state index in [2.05, 4.69) is 0 Å². The molecule has 0 fully saturated rings. The van der Waals surface area contributed by atoms with Gasteiger partial charge < -0.3 is 14.2 Å². The van der Waals surface area contributed by atoms with Crippen LogP contribution in [-0.2, 0) is 25.3 Å². The Morgan fingerprint density at radius 3 is 0.791 bits per heavy atom. The van der Waals surface area contributed by atoms with Crippen LogP contribution in [0.5, 0.6) is 17.2 Å². The zero-order valence-corrected chi connectivity index (χ0v) is 27.1. The van der Waals surface area contributed by atoms with Crippen LogP contribution in [0.25, 0.3) is 0 Å². The summed E-state index contributed by atoms with van der Waals surface area (Å²) < 4.78 is 16.7. The van der Waals surface area contributed by atoms with Crippen LogP contribution >= 0.6 is 0 Å². The molecule has 43 heavy (non-hydrogen) atoms. The molecule has 0 N–H and O–H groups in total. The van der Waals surface area contributed by atoms with Crippen molar-refractivity contribution in [2.45, 2.75) is 77.0 Å². The van der Waals surface area contributed by atoms with Gasteiger partial charge in [0.1, 0.15) is 17.2 Å². The van der Waals surface area contributed by atoms with Gasteiger partial charge in [-0.15, -0.1) is 0 Å². The zero-order valence-electron chi connectivity index (χ0n) is 26.3. The highest BCUT2D eigenvalue weighted by Gasteiger charge is 2.29. The van der Waals surface area contributed by atoms with E-state index in [-0.39, 0.29) is 17.9 Å². The SMILES string of the molecule is CC(C)=C(C)C(=O)Oc1ccc([S+](c2ccc(OC(=O)C(C)=C(C)C)cc2)c2ccc(OC(=O)C(C)=C(C)C)cc2)cc1. The maximum Gasteiger partial charge on any atom is 0.339 e. The van der Waals surface area contributed by atoms with Gasteiger partial charge in [0.05, 0.1) is 10.9 Å². The van der Waals surface area contributed by atoms with Crippen molar-refractivity contribution in [1.29, 1.82) is 0 Å². The average Bonchev–Trinajstić information content (AvgIpc) is 2.98. The fourth-order valence-electron chi connectivity index (χ4n) is 3.50. The zero-order chi connectivity index (χ0) is 31.8. The topological polar surface area (TPSA) is 78.9 Å². The Bertz CT molecular complexity index is 1390. The van der Waals surface area contributed by atoms with Gasteiger partial charge in [-0.1, -0.05) is 16.7 Å². The molecule has 0 aliphatic rings. The molecule has 7 heteroatoms. The number of rotatable bonds is 9. The Kier molecular flexibility index (Phi) is 11.3. The number of esters is 3. The number of ether oxygens (including phenoxy) is 3. The van der Waals surface area contributed by atoms with E-state index >= 15 is 0 Å². The monoisotopic (exact) mass is 599 g/mol. The highest BCUT2D eigenvalue weighted by atomic mass is 32.2. The molecule has 0 amide bonds. The molecular weight excluding hydrogens is 560 g/mol. The standard InChI is InChI=1S/C36H39O6S/c1-22(2)25(7)34(37)40-28-10-16-31(17-11-28)43(32-18-12-29(13-19-32)41-35(38)26(8)23(3)4)33-20-14-30(15-21-33)42-36(39)27(9)24(5)6/h10-21H,1-9H3/q+1. The number of allylic oxidation sites excluding steroid dienone is 3. The van der Waals surface area contributed by atoms with Gasteiger partial charge in [0.15, 0.2) is 14.7 Å². The van der Waals surface area contributed by atoms with Crippen molar-refractivity contribution < 1.29 is 28.6 Å². The minimum absolute atomic E-state index is 0.381. The predicted octanol–water partition coefficient (Wildman–Crippen LogP) is 8.57. The Morgan fingerprint density at radius 1 is 0.395 bits per heavy atom. The summed E-state index contributed by atoms with van der Waals surface area (Å²) in [5.41, 5.74) is 4.43. The molecular formula is C36H39O6S+. The van der Waals surface area contributed by atoms with Crippen molar-refractivity contribution in [2.24, 2.45) is 0 Å². The third-order valence-corrected chi connectivity index (χ3v) is 9.21. The van der Waals surface area contributed by atoms with Gasteiger partial charge >= 0.3 is 17.9 Å². The van der Waals surface area contributed by atoms with Gasteiger partial charge in [0.2, 0.25) is 0 Å². The highest BCUT2D eigenvalue weighted by molar-refractivity contribution is 7.97. The largest absolute Gasteiger partial charge is 0.423 e. The first kappa shape index (κ1) is 33.1. The summed E-state index contributed by atoms with van der Waals surface area (Å²) in [5.74, 6) is 0.210. The lowest BCUT2D eigenvalue weighted by atomic mass is 10.2. The van der Waals surface area contributed by atoms with E-state index < -0.39 is 10.9 Å². The molecule has 0 heterocycles. The van der Waals surface area contributed by atoms with E-state index in [1.54, 1.807) is 57.2 Å². The van der Waals surface area contributed by atoms with Crippen LogP contribution in [0.2, 0.25) is 0 Å². The molecule has 3 aromatic rings. The molecule has 0 bridgehead atoms. The van der Waals surface area contributed by atoms with Crippen molar-refractivity contribution in [2.75, 3.05) is 0 Å². The molecule has 3 aromatic carbocycles. The third kappa shape index (κ3) is 8.82. The number of carbonyl (C=O) groups excluding carboxylic acids is 3. The maximum atomic E-state index is 12.4. The Balaban J connectivity index is 1.96. The smallest absolute Gasteiger partial charge is 0.339 e. The fourth-order valence-corrected chi connectivity index (χ4v) is 5.54. The second kappa shape index (κ2) is 14.7. The molecule has 0 aromatic heterocycles. The lowest BCUT2D eigenvalue weighted by Crippen LogP contribution is -2.11. The van der Waals surface area contributed by atoms with Crippen LogP contribution in [-0.4, -0.2) is 17.9 Å². The molecule has 224 valence electrons. The van der Waals surface area contributed by atoms with Crippen molar-refractivity contribution in [1.82, 2.24) is 0 Å². The fraction of sp³-hybridized carbons (Fsp3) is 0.250. The molecule has 0 aliphatic carbocycles. The maximum absolute atomic E-state index is 12.4. The molecule has 3 rings (SSSR count). The van der Waals surface area contributed by atoms with Crippen molar-refractivity contribution in [3.63, 3.8) is 0 Å². The Labute approximate surface area is 257 Å². The van der Waals surface area contributed by atoms with E-state index in [0.717, 1.165) is 31.4 Å². The van der Waals surface area contributed by atoms with E-state index in [1.807, 2.05) is 77.9 Å². The minimum Gasteiger partial charge on any atom is -0.423 e. The summed E-state index contributed by atoms with van der Waals surface area (Å²) in [4.78, 5) is 40.2. The van der Waals surface area contributed by atoms with Crippen LogP contribution in [0, 0.1) is 0 Å². The van der Waals surface area contributed by atoms with Crippen molar-refractivity contribution in [3.05, 3.63) is 106 Å². The van der Waals surface area contributed by atoms with Gasteiger partial charge in [-0.25, -0.2) is 14.4 Å². The predicted molar refractivity (Wildman–Crippen MR) is 171 cm³/mol. The highest BCUT2D eigenvalue weighted by Crippen LogP contribution is 2.34. The van der Waals surface area contributed by atoms with Crippen LogP contribution < -0.4 is 14.2 Å². The summed E-state index contributed by atoms with van der Waals surface area (Å²) >= 11 is 0. The molecule has 0 saturated heterocycles. The Morgan fingerprint density at radius 2 is 0.605 bits per heavy atom. The lowest BCUT2D eigenvalue weighted by molar-refractivity contribution is -0.131. The van der Waals surface area contributed by atoms with Crippen LogP contribution in [0.3, 0.4) is 0 Å². The molecule has 6 nitrogen and oxygen atoms in total. The molecule has 0 atom stereocenters. The summed E-state index contributed by atoms with van der Waals surface area (Å²) in [6.07, 6.45) is 0. The van der Waals surface area contributed by atoms with Gasteiger partial charge in [-0.05, 0) is 135 Å². The second-order valence-corrected chi connectivity index (χ2v) is 12.8. The van der Waals surface area contributed by atoms with Crippen LogP contribution in [0.4, 0.5) is 0 Å². The summed E-state index contributed by atoms with van der Waals surface area (Å²) in [6, 6.07) is 22.3. The minimum atomic E-state index is -0.575. The molecule has 0 aliphatic heterocycles. The summed E-state index contributed by atoms with van der Waals surface area (Å²) in [5, 5.41) is 0. The van der Waals surface area contributed by atoms with Gasteiger partial charge in [-0.2, -0.15) is 0 Å². The second-order valence-electron chi connectivity index (χ2n) is 10.8. The van der Waals surface area contributed by atoms with Crippen LogP contribution in [0.15, 0.2) is 121 Å². The normalized spacial score (nSPS) is 10.5. The van der Waals surface area contributed by atoms with Crippen molar-refractivity contribution >= 4 is 28.8 Å². The number of hydrogen-bond acceptors (Lipinski definition) is 6. The Hall–Kier alpha value is -4.36. The van der Waals surface area contributed by atoms with E-state index in [0.29, 0.717) is 34.0 Å². The molecule has 0 spiro atoms. The van der Waals surface area contributed by atoms with Gasteiger partial charge in [0, 0.05) is 16.7 Å². The number of benzene rings is 3. The first-order valence-corrected chi connectivity index (χ1v) is 15.1. The van der Waals surface area contributed by atoms with Gasteiger partial charge in [0.25, 0.3) is 0 Å². The first-order valence-electron chi connectivity index (χ1n) is 13.9. The van der Waals surface area contributed by atoms with E-state index in [4.69, 9.17) is 14.2 Å². The van der Waals surface area contributed by atoms with Crippen LogP contribution in [0.1, 0.15) is 62.3 Å². The van der Waals surface area contributed by atoms with Gasteiger partial charge in [-0.3, -0.25) is 0 Å². The van der Waals surface area contributed by atoms with E-state index in [9.17, 15) is 14.4 Å². The third-order valence-electron chi connectivity index (χ3n) is 6.98. The molecule has 0 saturated carbocycles. The first-order chi connectivity index (χ1) is 20.3. The number of carbonyl (C=O) groups is 3. The number of hydrogen-bond donors (Lipinski definition) is 0. The average molecular weight is 600 g/mol. The summed E-state index contributed by atoms with van der Waals surface area (Å²) in [6.45, 7) is 16.5. The van der Waals surface area contributed by atoms with E-state index in [1.165, 1.54) is 0 Å². The quantitative estimate of drug-likeness (QED) is 0.106.